The molecule has 0 saturated heterocycles. The standard InChI is InChI=1S/C12H21ClN2O2/c1-8(2)12(16,7-17-5)6-10-9(3)14-15(4)11(10)13/h8,16H,6-7H2,1-5H3. The predicted octanol–water partition coefficient (Wildman–Crippen LogP) is 1.96. The van der Waals surface area contributed by atoms with E-state index in [2.05, 4.69) is 5.10 Å². The molecule has 0 saturated carbocycles. The lowest BCUT2D eigenvalue weighted by molar-refractivity contribution is -0.0638. The minimum absolute atomic E-state index is 0.0816. The first-order valence-electron chi connectivity index (χ1n) is 5.71. The number of ether oxygens (including phenoxy) is 1. The minimum atomic E-state index is -0.911. The van der Waals surface area contributed by atoms with E-state index in [1.807, 2.05) is 20.8 Å². The molecule has 1 rings (SSSR count). The van der Waals surface area contributed by atoms with Crippen molar-refractivity contribution >= 4 is 11.6 Å². The Kier molecular flexibility index (Phi) is 4.58. The molecule has 1 heterocycles. The number of rotatable bonds is 5. The Morgan fingerprint density at radius 1 is 1.53 bits per heavy atom. The van der Waals surface area contributed by atoms with E-state index in [4.69, 9.17) is 16.3 Å². The third kappa shape index (κ3) is 3.00. The third-order valence-electron chi connectivity index (χ3n) is 3.22. The highest BCUT2D eigenvalue weighted by Gasteiger charge is 2.33. The molecule has 0 fully saturated rings. The predicted molar refractivity (Wildman–Crippen MR) is 68.3 cm³/mol. The highest BCUT2D eigenvalue weighted by molar-refractivity contribution is 6.30. The van der Waals surface area contributed by atoms with Crippen LogP contribution in [0, 0.1) is 12.8 Å². The van der Waals surface area contributed by atoms with Crippen molar-refractivity contribution in [2.24, 2.45) is 13.0 Å². The SMILES string of the molecule is COCC(O)(Cc1c(C)nn(C)c1Cl)C(C)C. The van der Waals surface area contributed by atoms with E-state index in [1.54, 1.807) is 18.8 Å². The topological polar surface area (TPSA) is 47.3 Å². The van der Waals surface area contributed by atoms with Gasteiger partial charge in [-0.05, 0) is 12.8 Å². The number of methoxy groups -OCH3 is 1. The summed E-state index contributed by atoms with van der Waals surface area (Å²) >= 11 is 6.17. The summed E-state index contributed by atoms with van der Waals surface area (Å²) in [5.74, 6) is 0.0816. The fraction of sp³-hybridized carbons (Fsp3) is 0.750. The fourth-order valence-corrected chi connectivity index (χ4v) is 2.09. The van der Waals surface area contributed by atoms with Gasteiger partial charge in [-0.2, -0.15) is 5.10 Å². The van der Waals surface area contributed by atoms with Gasteiger partial charge in [0.1, 0.15) is 5.15 Å². The summed E-state index contributed by atoms with van der Waals surface area (Å²) in [5.41, 5.74) is 0.835. The van der Waals surface area contributed by atoms with Crippen molar-refractivity contribution in [3.63, 3.8) is 0 Å². The van der Waals surface area contributed by atoms with Crippen LogP contribution in [0.15, 0.2) is 0 Å². The second kappa shape index (κ2) is 5.38. The quantitative estimate of drug-likeness (QED) is 0.880. The molecule has 1 aromatic heterocycles. The number of halogens is 1. The molecule has 1 atom stereocenters. The second-order valence-corrected chi connectivity index (χ2v) is 5.20. The first kappa shape index (κ1) is 14.5. The highest BCUT2D eigenvalue weighted by Crippen LogP contribution is 2.28. The number of hydrogen-bond acceptors (Lipinski definition) is 3. The normalized spacial score (nSPS) is 15.3. The van der Waals surface area contributed by atoms with Crippen LogP contribution in [0.4, 0.5) is 0 Å². The molecule has 0 aliphatic rings. The van der Waals surface area contributed by atoms with Gasteiger partial charge in [0.25, 0.3) is 0 Å². The van der Waals surface area contributed by atoms with Gasteiger partial charge in [-0.25, -0.2) is 0 Å². The van der Waals surface area contributed by atoms with E-state index in [1.165, 1.54) is 0 Å². The van der Waals surface area contributed by atoms with Crippen LogP contribution in [0.2, 0.25) is 5.15 Å². The van der Waals surface area contributed by atoms with E-state index < -0.39 is 5.60 Å². The summed E-state index contributed by atoms with van der Waals surface area (Å²) in [6.45, 7) is 6.13. The first-order chi connectivity index (χ1) is 7.81. The average Bonchev–Trinajstić information content (AvgIpc) is 2.45. The molecule has 0 aliphatic carbocycles. The fourth-order valence-electron chi connectivity index (χ4n) is 1.85. The van der Waals surface area contributed by atoms with Gasteiger partial charge in [-0.3, -0.25) is 4.68 Å². The van der Waals surface area contributed by atoms with Crippen LogP contribution in [-0.4, -0.2) is 34.2 Å². The highest BCUT2D eigenvalue weighted by atomic mass is 35.5. The Bertz CT molecular complexity index is 390. The maximum atomic E-state index is 10.6. The Morgan fingerprint density at radius 2 is 2.12 bits per heavy atom. The molecule has 5 heteroatoms. The van der Waals surface area contributed by atoms with E-state index in [9.17, 15) is 5.11 Å². The molecule has 17 heavy (non-hydrogen) atoms. The van der Waals surface area contributed by atoms with Gasteiger partial charge in [-0.15, -0.1) is 0 Å². The number of aromatic nitrogens is 2. The van der Waals surface area contributed by atoms with Crippen LogP contribution >= 0.6 is 11.6 Å². The van der Waals surface area contributed by atoms with Crippen molar-refractivity contribution in [3.8, 4) is 0 Å². The Balaban J connectivity index is 3.01. The monoisotopic (exact) mass is 260 g/mol. The molecule has 0 aromatic carbocycles. The minimum Gasteiger partial charge on any atom is -0.387 e. The van der Waals surface area contributed by atoms with E-state index >= 15 is 0 Å². The van der Waals surface area contributed by atoms with Gasteiger partial charge < -0.3 is 9.84 Å². The van der Waals surface area contributed by atoms with Crippen LogP contribution in [0.5, 0.6) is 0 Å². The van der Waals surface area contributed by atoms with Crippen molar-refractivity contribution in [2.75, 3.05) is 13.7 Å². The molecule has 1 aromatic rings. The summed E-state index contributed by atoms with van der Waals surface area (Å²) in [6, 6.07) is 0. The molecule has 98 valence electrons. The number of aryl methyl sites for hydroxylation is 2. The Morgan fingerprint density at radius 3 is 2.47 bits per heavy atom. The summed E-state index contributed by atoms with van der Waals surface area (Å²) in [5, 5.41) is 15.4. The van der Waals surface area contributed by atoms with Gasteiger partial charge in [0, 0.05) is 26.1 Å². The zero-order valence-electron chi connectivity index (χ0n) is 11.1. The summed E-state index contributed by atoms with van der Waals surface area (Å²) in [4.78, 5) is 0. The molecule has 0 spiro atoms. The number of aliphatic hydroxyl groups is 1. The lowest BCUT2D eigenvalue weighted by Crippen LogP contribution is -2.42. The van der Waals surface area contributed by atoms with Crippen molar-refractivity contribution < 1.29 is 9.84 Å². The molecular formula is C12H21ClN2O2. The van der Waals surface area contributed by atoms with Gasteiger partial charge in [0.2, 0.25) is 0 Å². The van der Waals surface area contributed by atoms with Gasteiger partial charge >= 0.3 is 0 Å². The van der Waals surface area contributed by atoms with Crippen LogP contribution < -0.4 is 0 Å². The van der Waals surface area contributed by atoms with Crippen LogP contribution in [0.25, 0.3) is 0 Å². The number of nitrogens with zero attached hydrogens (tertiary/aromatic N) is 2. The summed E-state index contributed by atoms with van der Waals surface area (Å²) in [6.07, 6.45) is 0.455. The zero-order chi connectivity index (χ0) is 13.2. The molecule has 4 nitrogen and oxygen atoms in total. The van der Waals surface area contributed by atoms with E-state index in [0.29, 0.717) is 11.6 Å². The van der Waals surface area contributed by atoms with Gasteiger partial charge in [0.15, 0.2) is 0 Å². The zero-order valence-corrected chi connectivity index (χ0v) is 11.9. The van der Waals surface area contributed by atoms with Gasteiger partial charge in [0.05, 0.1) is 17.9 Å². The van der Waals surface area contributed by atoms with E-state index in [-0.39, 0.29) is 12.5 Å². The van der Waals surface area contributed by atoms with Crippen LogP contribution in [0.1, 0.15) is 25.1 Å². The summed E-state index contributed by atoms with van der Waals surface area (Å²) in [7, 11) is 3.38. The molecule has 0 aliphatic heterocycles. The van der Waals surface area contributed by atoms with Gasteiger partial charge in [-0.1, -0.05) is 25.4 Å². The lowest BCUT2D eigenvalue weighted by atomic mass is 9.85. The number of hydrogen-bond donors (Lipinski definition) is 1. The lowest BCUT2D eigenvalue weighted by Gasteiger charge is -2.31. The maximum Gasteiger partial charge on any atom is 0.130 e. The smallest absolute Gasteiger partial charge is 0.130 e. The Hall–Kier alpha value is -0.580. The largest absolute Gasteiger partial charge is 0.387 e. The van der Waals surface area contributed by atoms with Crippen LogP contribution in [0.3, 0.4) is 0 Å². The average molecular weight is 261 g/mol. The van der Waals surface area contributed by atoms with Crippen molar-refractivity contribution in [1.82, 2.24) is 9.78 Å². The van der Waals surface area contributed by atoms with E-state index in [0.717, 1.165) is 11.3 Å². The molecule has 1 N–H and O–H groups in total. The molecule has 0 amide bonds. The molecular weight excluding hydrogens is 240 g/mol. The first-order valence-corrected chi connectivity index (χ1v) is 6.09. The van der Waals surface area contributed by atoms with Crippen molar-refractivity contribution in [2.45, 2.75) is 32.8 Å². The van der Waals surface area contributed by atoms with Crippen molar-refractivity contribution in [1.29, 1.82) is 0 Å². The second-order valence-electron chi connectivity index (χ2n) is 4.85. The van der Waals surface area contributed by atoms with Crippen molar-refractivity contribution in [3.05, 3.63) is 16.4 Å². The molecule has 1 unspecified atom stereocenters. The maximum absolute atomic E-state index is 10.6. The summed E-state index contributed by atoms with van der Waals surface area (Å²) < 4.78 is 6.73. The molecule has 0 bridgehead atoms. The molecule has 0 radical (unpaired) electrons. The Labute approximate surface area is 108 Å². The van der Waals surface area contributed by atoms with Crippen LogP contribution in [-0.2, 0) is 18.2 Å². The third-order valence-corrected chi connectivity index (χ3v) is 3.69.